The lowest BCUT2D eigenvalue weighted by Crippen LogP contribution is -2.47. The Kier molecular flexibility index (Phi) is 8.13. The van der Waals surface area contributed by atoms with E-state index < -0.39 is 0 Å². The molecule has 1 aliphatic carbocycles. The highest BCUT2D eigenvalue weighted by Crippen LogP contribution is 2.19. The molecule has 7 nitrogen and oxygen atoms in total. The first-order chi connectivity index (χ1) is 13.7. The van der Waals surface area contributed by atoms with Gasteiger partial charge in [-0.2, -0.15) is 5.10 Å². The van der Waals surface area contributed by atoms with Crippen molar-refractivity contribution >= 4 is 5.96 Å². The van der Waals surface area contributed by atoms with E-state index in [1.807, 2.05) is 0 Å². The van der Waals surface area contributed by atoms with Gasteiger partial charge in [-0.1, -0.05) is 39.5 Å². The molecule has 1 saturated carbocycles. The number of guanidine groups is 1. The van der Waals surface area contributed by atoms with Gasteiger partial charge in [-0.25, -0.2) is 9.67 Å². The van der Waals surface area contributed by atoms with Gasteiger partial charge in [0.1, 0.15) is 5.82 Å². The maximum Gasteiger partial charge on any atom is 0.191 e. The summed E-state index contributed by atoms with van der Waals surface area (Å²) in [4.78, 5) is 9.40. The van der Waals surface area contributed by atoms with E-state index in [0.29, 0.717) is 31.2 Å². The largest absolute Gasteiger partial charge is 0.376 e. The SMILES string of the molecule is CCNC(=NCCOC1CCCCCC1)NC1CCc2nc(C(C)C)nn2C1. The first-order valence-corrected chi connectivity index (χ1v) is 11.3. The molecule has 0 amide bonds. The van der Waals surface area contributed by atoms with Crippen molar-refractivity contribution in [2.75, 3.05) is 19.7 Å². The van der Waals surface area contributed by atoms with Gasteiger partial charge in [0, 0.05) is 24.9 Å². The van der Waals surface area contributed by atoms with E-state index in [4.69, 9.17) is 9.73 Å². The maximum atomic E-state index is 6.07. The summed E-state index contributed by atoms with van der Waals surface area (Å²) in [6, 6.07) is 0.329. The van der Waals surface area contributed by atoms with Gasteiger partial charge >= 0.3 is 0 Å². The number of nitrogens with one attached hydrogen (secondary N) is 2. The highest BCUT2D eigenvalue weighted by Gasteiger charge is 2.23. The van der Waals surface area contributed by atoms with Gasteiger partial charge in [-0.15, -0.1) is 0 Å². The van der Waals surface area contributed by atoms with Crippen LogP contribution in [0.5, 0.6) is 0 Å². The number of rotatable bonds is 7. The Morgan fingerprint density at radius 1 is 1.21 bits per heavy atom. The fraction of sp³-hybridized carbons (Fsp3) is 0.857. The second-order valence-electron chi connectivity index (χ2n) is 8.35. The molecule has 1 unspecified atom stereocenters. The van der Waals surface area contributed by atoms with Gasteiger partial charge in [-0.05, 0) is 26.2 Å². The molecule has 2 aliphatic rings. The predicted molar refractivity (Wildman–Crippen MR) is 113 cm³/mol. The van der Waals surface area contributed by atoms with E-state index >= 15 is 0 Å². The van der Waals surface area contributed by atoms with Crippen molar-refractivity contribution in [1.29, 1.82) is 0 Å². The van der Waals surface area contributed by atoms with Crippen LogP contribution in [0, 0.1) is 0 Å². The van der Waals surface area contributed by atoms with Crippen LogP contribution < -0.4 is 10.6 Å². The zero-order valence-corrected chi connectivity index (χ0v) is 17.9. The van der Waals surface area contributed by atoms with Crippen LogP contribution in [0.15, 0.2) is 4.99 Å². The lowest BCUT2D eigenvalue weighted by Gasteiger charge is -2.25. The molecule has 1 fully saturated rings. The van der Waals surface area contributed by atoms with E-state index in [2.05, 4.69) is 46.2 Å². The highest BCUT2D eigenvalue weighted by atomic mass is 16.5. The Morgan fingerprint density at radius 3 is 2.71 bits per heavy atom. The van der Waals surface area contributed by atoms with Crippen LogP contribution in [0.1, 0.15) is 83.3 Å². The van der Waals surface area contributed by atoms with Crippen LogP contribution in [0.3, 0.4) is 0 Å². The van der Waals surface area contributed by atoms with Gasteiger partial charge in [0.15, 0.2) is 11.8 Å². The van der Waals surface area contributed by atoms with Crippen LogP contribution in [0.2, 0.25) is 0 Å². The molecule has 2 N–H and O–H groups in total. The number of aromatic nitrogens is 3. The van der Waals surface area contributed by atoms with Crippen LogP contribution in [-0.4, -0.2) is 52.6 Å². The monoisotopic (exact) mass is 390 g/mol. The molecule has 28 heavy (non-hydrogen) atoms. The average molecular weight is 391 g/mol. The molecule has 0 aromatic carbocycles. The normalized spacial score (nSPS) is 21.4. The Hall–Kier alpha value is -1.63. The Morgan fingerprint density at radius 2 is 2.00 bits per heavy atom. The van der Waals surface area contributed by atoms with Gasteiger partial charge in [0.2, 0.25) is 0 Å². The molecular weight excluding hydrogens is 352 g/mol. The third kappa shape index (κ3) is 6.19. The Labute approximate surface area is 169 Å². The summed E-state index contributed by atoms with van der Waals surface area (Å²) >= 11 is 0. The molecule has 0 radical (unpaired) electrons. The lowest BCUT2D eigenvalue weighted by atomic mass is 10.1. The molecule has 0 spiro atoms. The van der Waals surface area contributed by atoms with Crippen LogP contribution >= 0.6 is 0 Å². The molecule has 7 heteroatoms. The zero-order valence-electron chi connectivity index (χ0n) is 17.9. The number of aliphatic imine (C=N–C) groups is 1. The number of ether oxygens (including phenoxy) is 1. The average Bonchev–Trinajstić information content (AvgIpc) is 2.93. The smallest absolute Gasteiger partial charge is 0.191 e. The Bertz CT molecular complexity index is 618. The minimum atomic E-state index is 0.329. The third-order valence-corrected chi connectivity index (χ3v) is 5.59. The molecule has 1 aromatic rings. The molecule has 0 bridgehead atoms. The fourth-order valence-electron chi connectivity index (χ4n) is 3.99. The summed E-state index contributed by atoms with van der Waals surface area (Å²) in [5, 5.41) is 11.6. The zero-order chi connectivity index (χ0) is 19.8. The molecule has 2 heterocycles. The van der Waals surface area contributed by atoms with E-state index in [-0.39, 0.29) is 0 Å². The molecule has 1 atom stereocenters. The number of hydrogen-bond donors (Lipinski definition) is 2. The molecule has 1 aromatic heterocycles. The standard InChI is InChI=1S/C21H38N6O/c1-4-22-21(23-13-14-28-18-9-7-5-6-8-10-18)24-17-11-12-19-25-20(16(2)3)26-27(19)15-17/h16-18H,4-15H2,1-3H3,(H2,22,23,24). The quantitative estimate of drug-likeness (QED) is 0.324. The molecule has 0 saturated heterocycles. The van der Waals surface area contributed by atoms with Gasteiger partial charge in [0.05, 0.1) is 25.8 Å². The van der Waals surface area contributed by atoms with Crippen LogP contribution in [0.4, 0.5) is 0 Å². The first-order valence-electron chi connectivity index (χ1n) is 11.3. The minimum absolute atomic E-state index is 0.329. The van der Waals surface area contributed by atoms with Crippen LogP contribution in [0.25, 0.3) is 0 Å². The fourth-order valence-corrected chi connectivity index (χ4v) is 3.99. The minimum Gasteiger partial charge on any atom is -0.376 e. The van der Waals surface area contributed by atoms with E-state index in [0.717, 1.165) is 43.5 Å². The summed E-state index contributed by atoms with van der Waals surface area (Å²) in [6.45, 7) is 9.49. The van der Waals surface area contributed by atoms with E-state index in [1.54, 1.807) is 0 Å². The predicted octanol–water partition coefficient (Wildman–Crippen LogP) is 3.01. The highest BCUT2D eigenvalue weighted by molar-refractivity contribution is 5.80. The third-order valence-electron chi connectivity index (χ3n) is 5.59. The molecular formula is C21H38N6O. The number of nitrogens with zero attached hydrogens (tertiary/aromatic N) is 4. The maximum absolute atomic E-state index is 6.07. The number of aryl methyl sites for hydroxylation is 1. The van der Waals surface area contributed by atoms with Crippen molar-refractivity contribution < 1.29 is 4.74 Å². The van der Waals surface area contributed by atoms with E-state index in [9.17, 15) is 0 Å². The lowest BCUT2D eigenvalue weighted by molar-refractivity contribution is 0.0487. The second-order valence-corrected chi connectivity index (χ2v) is 8.35. The van der Waals surface area contributed by atoms with Crippen molar-refractivity contribution in [3.8, 4) is 0 Å². The number of fused-ring (bicyclic) bond motifs is 1. The summed E-state index contributed by atoms with van der Waals surface area (Å²) in [5.41, 5.74) is 0. The van der Waals surface area contributed by atoms with Crippen molar-refractivity contribution in [2.45, 2.75) is 96.7 Å². The topological polar surface area (TPSA) is 76.4 Å². The van der Waals surface area contributed by atoms with Gasteiger partial charge in [0.25, 0.3) is 0 Å². The second kappa shape index (κ2) is 10.8. The van der Waals surface area contributed by atoms with Gasteiger partial charge < -0.3 is 15.4 Å². The summed E-state index contributed by atoms with van der Waals surface area (Å²) < 4.78 is 8.13. The molecule has 3 rings (SSSR count). The molecule has 1 aliphatic heterocycles. The van der Waals surface area contributed by atoms with Crippen LogP contribution in [-0.2, 0) is 17.7 Å². The Balaban J connectivity index is 1.47. The van der Waals surface area contributed by atoms with Crippen molar-refractivity contribution in [3.05, 3.63) is 11.6 Å². The summed E-state index contributed by atoms with van der Waals surface area (Å²) in [7, 11) is 0. The summed E-state index contributed by atoms with van der Waals surface area (Å²) in [5.74, 6) is 3.31. The van der Waals surface area contributed by atoms with Gasteiger partial charge in [-0.3, -0.25) is 4.99 Å². The molecule has 158 valence electrons. The van der Waals surface area contributed by atoms with Crippen molar-refractivity contribution in [2.24, 2.45) is 4.99 Å². The summed E-state index contributed by atoms with van der Waals surface area (Å²) in [6.07, 6.45) is 10.2. The van der Waals surface area contributed by atoms with Crippen molar-refractivity contribution in [3.63, 3.8) is 0 Å². The van der Waals surface area contributed by atoms with E-state index in [1.165, 1.54) is 38.5 Å². The number of hydrogen-bond acceptors (Lipinski definition) is 4. The van der Waals surface area contributed by atoms with Crippen molar-refractivity contribution in [1.82, 2.24) is 25.4 Å². The first kappa shape index (κ1) is 21.1.